The number of benzene rings is 3. The first-order valence-corrected chi connectivity index (χ1v) is 8.51. The number of rotatable bonds is 3. The molecule has 0 N–H and O–H groups in total. The van der Waals surface area contributed by atoms with Gasteiger partial charge in [-0.1, -0.05) is 71.9 Å². The van der Waals surface area contributed by atoms with Crippen LogP contribution in [-0.4, -0.2) is 0 Å². The van der Waals surface area contributed by atoms with Gasteiger partial charge in [0.05, 0.1) is 4.90 Å². The molecule has 0 amide bonds. The van der Waals surface area contributed by atoms with Crippen LogP contribution in [0.2, 0.25) is 5.02 Å². The van der Waals surface area contributed by atoms with Gasteiger partial charge in [0, 0.05) is 20.9 Å². The van der Waals surface area contributed by atoms with Crippen LogP contribution >= 0.6 is 23.4 Å². The van der Waals surface area contributed by atoms with E-state index in [4.69, 9.17) is 16.0 Å². The molecule has 23 heavy (non-hydrogen) atoms. The molecule has 0 saturated carbocycles. The summed E-state index contributed by atoms with van der Waals surface area (Å²) in [5, 5.41) is 1.86. The molecule has 4 rings (SSSR count). The van der Waals surface area contributed by atoms with Gasteiger partial charge >= 0.3 is 0 Å². The second kappa shape index (κ2) is 6.15. The minimum absolute atomic E-state index is 0.740. The molecule has 1 nitrogen and oxygen atoms in total. The predicted octanol–water partition coefficient (Wildman–Crippen LogP) is 6.90. The van der Waals surface area contributed by atoms with Crippen LogP contribution in [0.4, 0.5) is 0 Å². The fraction of sp³-hybridized carbons (Fsp3) is 0. The molecule has 0 bridgehead atoms. The summed E-state index contributed by atoms with van der Waals surface area (Å²) in [5.41, 5.74) is 1.98. The fourth-order valence-corrected chi connectivity index (χ4v) is 3.91. The third-order valence-electron chi connectivity index (χ3n) is 3.60. The van der Waals surface area contributed by atoms with E-state index in [-0.39, 0.29) is 0 Å². The molecule has 112 valence electrons. The molecule has 4 aromatic rings. The van der Waals surface area contributed by atoms with E-state index >= 15 is 0 Å². The van der Waals surface area contributed by atoms with Crippen molar-refractivity contribution in [2.24, 2.45) is 0 Å². The Bertz CT molecular complexity index is 960. The van der Waals surface area contributed by atoms with E-state index in [9.17, 15) is 0 Å². The normalized spacial score (nSPS) is 11.0. The quantitative estimate of drug-likeness (QED) is 0.403. The molecule has 1 aromatic heterocycles. The summed E-state index contributed by atoms with van der Waals surface area (Å²) in [4.78, 5) is 2.22. The first kappa shape index (κ1) is 14.4. The lowest BCUT2D eigenvalue weighted by Gasteiger charge is -2.04. The van der Waals surface area contributed by atoms with Crippen LogP contribution in [0.1, 0.15) is 0 Å². The highest BCUT2D eigenvalue weighted by Crippen LogP contribution is 2.43. The molecular weight excluding hydrogens is 324 g/mol. The van der Waals surface area contributed by atoms with Gasteiger partial charge in [0.2, 0.25) is 0 Å². The molecule has 3 aromatic carbocycles. The number of halogens is 1. The summed E-state index contributed by atoms with van der Waals surface area (Å²) in [6.45, 7) is 0. The topological polar surface area (TPSA) is 13.1 Å². The second-order valence-corrected chi connectivity index (χ2v) is 6.70. The number of fused-ring (bicyclic) bond motifs is 1. The van der Waals surface area contributed by atoms with Crippen molar-refractivity contribution < 1.29 is 4.42 Å². The molecule has 0 spiro atoms. The van der Waals surface area contributed by atoms with Crippen molar-refractivity contribution >= 4 is 34.3 Å². The number of hydrogen-bond donors (Lipinski definition) is 0. The molecule has 0 atom stereocenters. The monoisotopic (exact) mass is 336 g/mol. The Morgan fingerprint density at radius 1 is 0.783 bits per heavy atom. The van der Waals surface area contributed by atoms with E-state index in [0.717, 1.165) is 37.1 Å². The number of furan rings is 1. The summed E-state index contributed by atoms with van der Waals surface area (Å²) < 4.78 is 6.13. The van der Waals surface area contributed by atoms with Gasteiger partial charge in [-0.05, 0) is 30.3 Å². The molecule has 0 unspecified atom stereocenters. The van der Waals surface area contributed by atoms with E-state index in [1.807, 2.05) is 54.6 Å². The Morgan fingerprint density at radius 2 is 1.57 bits per heavy atom. The van der Waals surface area contributed by atoms with E-state index in [1.165, 1.54) is 0 Å². The highest BCUT2D eigenvalue weighted by molar-refractivity contribution is 7.99. The lowest BCUT2D eigenvalue weighted by molar-refractivity contribution is 0.625. The molecule has 3 heteroatoms. The molecule has 1 heterocycles. The van der Waals surface area contributed by atoms with Crippen molar-refractivity contribution in [2.45, 2.75) is 9.79 Å². The molecular formula is C20H13ClOS. The average molecular weight is 337 g/mol. The number of para-hydroxylation sites is 1. The zero-order chi connectivity index (χ0) is 15.6. The predicted molar refractivity (Wildman–Crippen MR) is 97.2 cm³/mol. The Hall–Kier alpha value is -2.16. The van der Waals surface area contributed by atoms with Crippen LogP contribution in [0.5, 0.6) is 0 Å². The van der Waals surface area contributed by atoms with Gasteiger partial charge in [-0.25, -0.2) is 0 Å². The number of hydrogen-bond acceptors (Lipinski definition) is 2. The summed E-state index contributed by atoms with van der Waals surface area (Å²) in [6.07, 6.45) is 0. The zero-order valence-electron chi connectivity index (χ0n) is 12.2. The Morgan fingerprint density at radius 3 is 2.39 bits per heavy atom. The van der Waals surface area contributed by atoms with Gasteiger partial charge in [-0.2, -0.15) is 0 Å². The van der Waals surface area contributed by atoms with Crippen molar-refractivity contribution in [3.63, 3.8) is 0 Å². The fourth-order valence-electron chi connectivity index (χ4n) is 2.55. The van der Waals surface area contributed by atoms with Crippen LogP contribution in [0, 0.1) is 0 Å². The average Bonchev–Trinajstić information content (AvgIpc) is 2.95. The maximum absolute atomic E-state index is 6.13. The lowest BCUT2D eigenvalue weighted by atomic mass is 10.1. The molecule has 0 aliphatic rings. The smallest absolute Gasteiger partial charge is 0.149 e. The van der Waals surface area contributed by atoms with Crippen molar-refractivity contribution in [3.8, 4) is 11.3 Å². The van der Waals surface area contributed by atoms with E-state index in [0.29, 0.717) is 0 Å². The van der Waals surface area contributed by atoms with E-state index in [2.05, 4.69) is 24.3 Å². The molecule has 0 aliphatic heterocycles. The highest BCUT2D eigenvalue weighted by Gasteiger charge is 2.16. The van der Waals surface area contributed by atoms with Crippen molar-refractivity contribution in [1.29, 1.82) is 0 Å². The van der Waals surface area contributed by atoms with Crippen molar-refractivity contribution in [2.75, 3.05) is 0 Å². The van der Waals surface area contributed by atoms with Crippen LogP contribution in [0.3, 0.4) is 0 Å². The first-order valence-electron chi connectivity index (χ1n) is 7.31. The maximum Gasteiger partial charge on any atom is 0.149 e. The Labute approximate surface area is 143 Å². The van der Waals surface area contributed by atoms with E-state index < -0.39 is 0 Å². The third-order valence-corrected chi connectivity index (χ3v) is 4.94. The SMILES string of the molecule is Clc1cccc(Sc2c(-c3ccccc3)oc3ccccc23)c1. The van der Waals surface area contributed by atoms with Gasteiger partial charge in [-0.3, -0.25) is 0 Å². The minimum atomic E-state index is 0.740. The highest BCUT2D eigenvalue weighted by atomic mass is 35.5. The van der Waals surface area contributed by atoms with Gasteiger partial charge in [0.25, 0.3) is 0 Å². The summed E-state index contributed by atoms with van der Waals surface area (Å²) >= 11 is 7.80. The molecule has 0 aliphatic carbocycles. The van der Waals surface area contributed by atoms with Gasteiger partial charge < -0.3 is 4.42 Å². The third kappa shape index (κ3) is 2.88. The maximum atomic E-state index is 6.13. The van der Waals surface area contributed by atoms with Crippen molar-refractivity contribution in [3.05, 3.63) is 83.9 Å². The summed E-state index contributed by atoms with van der Waals surface area (Å²) in [7, 11) is 0. The van der Waals surface area contributed by atoms with Gasteiger partial charge in [-0.15, -0.1) is 0 Å². The van der Waals surface area contributed by atoms with Crippen LogP contribution < -0.4 is 0 Å². The minimum Gasteiger partial charge on any atom is -0.455 e. The van der Waals surface area contributed by atoms with Crippen LogP contribution in [-0.2, 0) is 0 Å². The standard InChI is InChI=1S/C20H13ClOS/c21-15-9-6-10-16(13-15)23-20-17-11-4-5-12-18(17)22-19(20)14-7-2-1-3-8-14/h1-13H. The summed E-state index contributed by atoms with van der Waals surface area (Å²) in [6, 6.07) is 26.2. The molecule has 0 radical (unpaired) electrons. The zero-order valence-corrected chi connectivity index (χ0v) is 13.8. The summed E-state index contributed by atoms with van der Waals surface area (Å²) in [5.74, 6) is 0.900. The van der Waals surface area contributed by atoms with Gasteiger partial charge in [0.1, 0.15) is 11.3 Å². The van der Waals surface area contributed by atoms with Crippen LogP contribution in [0.25, 0.3) is 22.3 Å². The van der Waals surface area contributed by atoms with E-state index in [1.54, 1.807) is 11.8 Å². The molecule has 0 saturated heterocycles. The first-order chi connectivity index (χ1) is 11.3. The second-order valence-electron chi connectivity index (χ2n) is 5.18. The van der Waals surface area contributed by atoms with Crippen molar-refractivity contribution in [1.82, 2.24) is 0 Å². The largest absolute Gasteiger partial charge is 0.455 e. The van der Waals surface area contributed by atoms with Crippen LogP contribution in [0.15, 0.2) is 93.1 Å². The Balaban J connectivity index is 1.89. The Kier molecular flexibility index (Phi) is 3.86. The lowest BCUT2D eigenvalue weighted by Crippen LogP contribution is -1.78. The van der Waals surface area contributed by atoms with Gasteiger partial charge in [0.15, 0.2) is 0 Å². The molecule has 0 fully saturated rings.